The van der Waals surface area contributed by atoms with Gasteiger partial charge in [-0.2, -0.15) is 0 Å². The van der Waals surface area contributed by atoms with Crippen molar-refractivity contribution in [3.05, 3.63) is 122 Å². The first-order chi connectivity index (χ1) is 21.2. The van der Waals surface area contributed by atoms with E-state index < -0.39 is 23.7 Å². The summed E-state index contributed by atoms with van der Waals surface area (Å²) in [5.41, 5.74) is 3.79. The summed E-state index contributed by atoms with van der Waals surface area (Å²) in [6, 6.07) is 21.9. The molecule has 1 saturated heterocycles. The molecule has 1 fully saturated rings. The van der Waals surface area contributed by atoms with Gasteiger partial charge in [0.2, 0.25) is 11.8 Å². The van der Waals surface area contributed by atoms with Crippen molar-refractivity contribution in [2.75, 3.05) is 4.90 Å². The Morgan fingerprint density at radius 1 is 0.932 bits per heavy atom. The first-order valence-electron chi connectivity index (χ1n) is 14.6. The number of ketones is 2. The van der Waals surface area contributed by atoms with Crippen LogP contribution in [0.5, 0.6) is 11.5 Å². The van der Waals surface area contributed by atoms with Crippen LogP contribution in [0.1, 0.15) is 36.8 Å². The maximum Gasteiger partial charge on any atom is 0.238 e. The molecule has 4 aliphatic rings. The van der Waals surface area contributed by atoms with E-state index in [1.165, 1.54) is 17.0 Å². The van der Waals surface area contributed by atoms with Gasteiger partial charge in [-0.25, -0.2) is 0 Å². The lowest BCUT2D eigenvalue weighted by Crippen LogP contribution is -2.39. The molecule has 7 nitrogen and oxygen atoms in total. The van der Waals surface area contributed by atoms with Crippen LogP contribution in [0.4, 0.5) is 5.69 Å². The Kier molecular flexibility index (Phi) is 7.11. The Morgan fingerprint density at radius 2 is 1.68 bits per heavy atom. The Hall–Kier alpha value is -4.31. The molecule has 0 saturated carbocycles. The molecule has 0 aromatic heterocycles. The van der Waals surface area contributed by atoms with E-state index in [1.54, 1.807) is 31.2 Å². The Balaban J connectivity index is 1.28. The van der Waals surface area contributed by atoms with Crippen molar-refractivity contribution in [3.8, 4) is 11.5 Å². The largest absolute Gasteiger partial charge is 0.507 e. The van der Waals surface area contributed by atoms with E-state index in [-0.39, 0.29) is 35.6 Å². The second kappa shape index (κ2) is 11.0. The average molecular weight is 698 g/mol. The molecule has 1 N–H and O–H groups in total. The summed E-state index contributed by atoms with van der Waals surface area (Å²) in [5, 5.41) is 11.4. The zero-order valence-electron chi connectivity index (χ0n) is 23.8. The number of ether oxygens (including phenoxy) is 1. The van der Waals surface area contributed by atoms with Crippen LogP contribution < -0.4 is 9.64 Å². The molecule has 0 unspecified atom stereocenters. The molecule has 44 heavy (non-hydrogen) atoms. The van der Waals surface area contributed by atoms with Gasteiger partial charge in [-0.1, -0.05) is 48.0 Å². The fourth-order valence-electron chi connectivity index (χ4n) is 7.16. The number of hydrogen-bond donors (Lipinski definition) is 1. The molecule has 8 heteroatoms. The minimum Gasteiger partial charge on any atom is -0.507 e. The first kappa shape index (κ1) is 28.5. The summed E-state index contributed by atoms with van der Waals surface area (Å²) < 4.78 is 6.91. The number of rotatable bonds is 5. The summed E-state index contributed by atoms with van der Waals surface area (Å²) in [4.78, 5) is 56.0. The van der Waals surface area contributed by atoms with Crippen molar-refractivity contribution in [3.63, 3.8) is 0 Å². The number of amides is 2. The minimum absolute atomic E-state index is 0.0714. The van der Waals surface area contributed by atoms with E-state index in [1.807, 2.05) is 48.5 Å². The van der Waals surface area contributed by atoms with Gasteiger partial charge in [0.25, 0.3) is 0 Å². The molecule has 3 aromatic rings. The normalized spacial score (nSPS) is 24.5. The topological polar surface area (TPSA) is 101 Å². The SMILES string of the molecule is CC1=CC(=O)C2=C(C1=O)[C@@H](c1ccc(OCc3ccccc3)cc1O)C1=CC[C@@H]3C(=O)N(c4ccc(I)cc4)C(=O)[C@@H]3[C@@H]1C2. The lowest BCUT2D eigenvalue weighted by Gasteiger charge is -2.42. The van der Waals surface area contributed by atoms with E-state index in [9.17, 15) is 24.3 Å². The van der Waals surface area contributed by atoms with Crippen LogP contribution in [0.15, 0.2) is 107 Å². The number of imide groups is 1. The molecule has 4 atom stereocenters. The maximum atomic E-state index is 14.0. The van der Waals surface area contributed by atoms with E-state index >= 15 is 0 Å². The summed E-state index contributed by atoms with van der Waals surface area (Å²) in [6.07, 6.45) is 3.82. The van der Waals surface area contributed by atoms with Crippen LogP contribution in [0, 0.1) is 21.3 Å². The zero-order chi connectivity index (χ0) is 30.7. The quantitative estimate of drug-likeness (QED) is 0.147. The van der Waals surface area contributed by atoms with Gasteiger partial charge in [0.05, 0.1) is 17.5 Å². The fourth-order valence-corrected chi connectivity index (χ4v) is 7.52. The van der Waals surface area contributed by atoms with Gasteiger partial charge in [0.1, 0.15) is 18.1 Å². The second-order valence-electron chi connectivity index (χ2n) is 11.7. The lowest BCUT2D eigenvalue weighted by atomic mass is 9.59. The van der Waals surface area contributed by atoms with Crippen molar-refractivity contribution in [1.82, 2.24) is 0 Å². The molecule has 0 radical (unpaired) electrons. The van der Waals surface area contributed by atoms with Crippen LogP contribution in [-0.2, 0) is 25.8 Å². The van der Waals surface area contributed by atoms with Crippen LogP contribution in [-0.4, -0.2) is 28.5 Å². The number of phenols is 1. The van der Waals surface area contributed by atoms with E-state index in [0.717, 1.165) is 14.7 Å². The zero-order valence-corrected chi connectivity index (χ0v) is 26.0. The van der Waals surface area contributed by atoms with Gasteiger partial charge >= 0.3 is 0 Å². The van der Waals surface area contributed by atoms with Gasteiger partial charge < -0.3 is 9.84 Å². The molecule has 220 valence electrons. The molecular weight excluding hydrogens is 669 g/mol. The number of aromatic hydroxyl groups is 1. The summed E-state index contributed by atoms with van der Waals surface area (Å²) in [5.74, 6) is -3.12. The van der Waals surface area contributed by atoms with Crippen molar-refractivity contribution < 1.29 is 29.0 Å². The van der Waals surface area contributed by atoms with Gasteiger partial charge in [-0.05, 0) is 90.2 Å². The highest BCUT2D eigenvalue weighted by molar-refractivity contribution is 14.1. The van der Waals surface area contributed by atoms with Crippen molar-refractivity contribution in [1.29, 1.82) is 0 Å². The Labute approximate surface area is 268 Å². The number of anilines is 1. The van der Waals surface area contributed by atoms with E-state index in [2.05, 4.69) is 22.6 Å². The average Bonchev–Trinajstić information content (AvgIpc) is 3.28. The van der Waals surface area contributed by atoms with Crippen molar-refractivity contribution in [2.45, 2.75) is 32.3 Å². The second-order valence-corrected chi connectivity index (χ2v) is 13.0. The van der Waals surface area contributed by atoms with E-state index in [4.69, 9.17) is 4.74 Å². The molecular formula is C36H28INO6. The van der Waals surface area contributed by atoms with Gasteiger partial charge in [0, 0.05) is 37.8 Å². The van der Waals surface area contributed by atoms with Crippen LogP contribution >= 0.6 is 22.6 Å². The van der Waals surface area contributed by atoms with E-state index in [0.29, 0.717) is 46.7 Å². The first-order valence-corrected chi connectivity index (χ1v) is 15.6. The smallest absolute Gasteiger partial charge is 0.238 e. The fraction of sp³-hybridized carbons (Fsp3) is 0.222. The molecule has 1 heterocycles. The van der Waals surface area contributed by atoms with Crippen LogP contribution in [0.2, 0.25) is 0 Å². The standard InChI is InChI=1S/C36H28INO6/c1-19-15-29(39)28-17-27-24(13-14-26-32(27)36(43)38(35(26)42)22-9-7-21(37)8-10-22)31(33(28)34(19)41)25-12-11-23(16-30(25)40)44-18-20-5-3-2-4-6-20/h2-13,15-16,26-27,31-32,40H,14,17-18H2,1H3/t26-,27+,31+,32-/m0/s1. The number of Topliss-reactive ketones (excluding diaryl/α,β-unsaturated/α-hetero) is 1. The summed E-state index contributed by atoms with van der Waals surface area (Å²) in [7, 11) is 0. The van der Waals surface area contributed by atoms with Gasteiger partial charge in [-0.3, -0.25) is 24.1 Å². The van der Waals surface area contributed by atoms with Crippen LogP contribution in [0.25, 0.3) is 0 Å². The molecule has 3 aromatic carbocycles. The number of halogens is 1. The Bertz CT molecular complexity index is 1840. The molecule has 1 aliphatic heterocycles. The number of allylic oxidation sites excluding steroid dienone is 6. The number of benzene rings is 3. The van der Waals surface area contributed by atoms with Crippen LogP contribution in [0.3, 0.4) is 0 Å². The summed E-state index contributed by atoms with van der Waals surface area (Å²) in [6.45, 7) is 1.94. The van der Waals surface area contributed by atoms with Crippen molar-refractivity contribution >= 4 is 51.7 Å². The third kappa shape index (κ3) is 4.63. The number of hydrogen-bond acceptors (Lipinski definition) is 6. The molecule has 2 amide bonds. The molecule has 0 bridgehead atoms. The third-order valence-corrected chi connectivity index (χ3v) is 9.93. The Morgan fingerprint density at radius 3 is 2.41 bits per heavy atom. The molecule has 0 spiro atoms. The minimum atomic E-state index is -0.733. The predicted molar refractivity (Wildman–Crippen MR) is 172 cm³/mol. The maximum absolute atomic E-state index is 14.0. The lowest BCUT2D eigenvalue weighted by molar-refractivity contribution is -0.123. The number of carbonyl (C=O) groups excluding carboxylic acids is 4. The number of phenolic OH excluding ortho intramolecular Hbond substituents is 1. The predicted octanol–water partition coefficient (Wildman–Crippen LogP) is 6.21. The molecule has 3 aliphatic carbocycles. The highest BCUT2D eigenvalue weighted by atomic mass is 127. The highest BCUT2D eigenvalue weighted by Crippen LogP contribution is 2.56. The van der Waals surface area contributed by atoms with Gasteiger partial charge in [-0.15, -0.1) is 0 Å². The number of carbonyl (C=O) groups is 4. The highest BCUT2D eigenvalue weighted by Gasteiger charge is 2.56. The van der Waals surface area contributed by atoms with Crippen molar-refractivity contribution in [2.24, 2.45) is 17.8 Å². The monoisotopic (exact) mass is 697 g/mol. The number of fused-ring (bicyclic) bond motifs is 3. The summed E-state index contributed by atoms with van der Waals surface area (Å²) >= 11 is 2.18. The number of nitrogens with zero attached hydrogens (tertiary/aromatic N) is 1. The van der Waals surface area contributed by atoms with Gasteiger partial charge in [0.15, 0.2) is 11.6 Å². The third-order valence-electron chi connectivity index (χ3n) is 9.21. The molecule has 7 rings (SSSR count).